The van der Waals surface area contributed by atoms with Crippen molar-refractivity contribution < 1.29 is 83.4 Å². The maximum Gasteiger partial charge on any atom is 2.00 e. The second-order valence-electron chi connectivity index (χ2n) is 2.99. The van der Waals surface area contributed by atoms with Crippen LogP contribution >= 0.6 is 0 Å². The van der Waals surface area contributed by atoms with E-state index in [9.17, 15) is 0 Å². The molecule has 0 radical (unpaired) electrons. The van der Waals surface area contributed by atoms with Crippen LogP contribution in [0.15, 0.2) is 30.3 Å². The van der Waals surface area contributed by atoms with Gasteiger partial charge < -0.3 is 53.4 Å². The Hall–Kier alpha value is -0.751. The molecule has 1 rings (SSSR count). The van der Waals surface area contributed by atoms with Crippen LogP contribution in [0, 0.1) is 0 Å². The summed E-state index contributed by atoms with van der Waals surface area (Å²) in [5.74, 6) is 0.659. The molecule has 0 saturated carbocycles. The summed E-state index contributed by atoms with van der Waals surface area (Å²) in [4.78, 5) is 0. The van der Waals surface area contributed by atoms with Crippen LogP contribution in [0.25, 0.3) is 0 Å². The first-order valence-electron chi connectivity index (χ1n) is 4.22. The normalized spacial score (nSPS) is 6.46. The Balaban J connectivity index is -0.0000000150. The number of hydrogen-bond acceptors (Lipinski definition) is 5. The molecule has 1 aromatic rings. The van der Waals surface area contributed by atoms with E-state index in [0.29, 0.717) is 5.92 Å². The second-order valence-corrected chi connectivity index (χ2v) is 3.85. The molecule has 156 valence electrons. The van der Waals surface area contributed by atoms with E-state index in [-0.39, 0.29) is 55.4 Å². The van der Waals surface area contributed by atoms with Gasteiger partial charge in [0.1, 0.15) is 0 Å². The Morgan fingerprint density at radius 1 is 0.833 bits per heavy atom. The van der Waals surface area contributed by atoms with Gasteiger partial charge in [0.2, 0.25) is 10.4 Å². The standard InChI is InChI=1S/C9H12.Fe.H2O4S.H2O2.7H2O/c1-8(2)9-6-4-3-5-7-9;;1-5(2,3)4;1-2;;;;;;;/h3-8H,1-2H3;;(H2,1,2,3,4);1-2H;7*1H2/q;+2;;;;;;;;;/p-2. The Morgan fingerprint density at radius 3 is 1.17 bits per heavy atom. The van der Waals surface area contributed by atoms with Crippen LogP contribution < -0.4 is 5.26 Å². The molecule has 15 heteroatoms. The van der Waals surface area contributed by atoms with Crippen molar-refractivity contribution >= 4 is 10.4 Å². The van der Waals surface area contributed by atoms with Crippen molar-refractivity contribution in [2.75, 3.05) is 0 Å². The number of rotatable bonds is 1. The van der Waals surface area contributed by atoms with Gasteiger partial charge in [-0.25, -0.2) is 8.42 Å². The fourth-order valence-electron chi connectivity index (χ4n) is 0.838. The molecule has 0 unspecified atom stereocenters. The molecule has 13 nitrogen and oxygen atoms in total. The van der Waals surface area contributed by atoms with E-state index in [1.165, 1.54) is 5.56 Å². The number of benzene rings is 1. The van der Waals surface area contributed by atoms with Crippen molar-refractivity contribution in [1.29, 1.82) is 0 Å². The quantitative estimate of drug-likeness (QED) is 0.143. The molecular formula is C9H28FeO13S. The van der Waals surface area contributed by atoms with E-state index in [1.54, 1.807) is 0 Å². The second kappa shape index (κ2) is 38.0. The average Bonchev–Trinajstić information content (AvgIpc) is 2.20. The molecule has 0 aliphatic rings. The fraction of sp³-hybridized carbons (Fsp3) is 0.333. The minimum atomic E-state index is -4.92. The minimum absolute atomic E-state index is 0. The van der Waals surface area contributed by atoms with Gasteiger partial charge in [-0.3, -0.25) is 4.55 Å². The van der Waals surface area contributed by atoms with Gasteiger partial charge in [0, 0.05) is 0 Å². The first-order valence-corrected chi connectivity index (χ1v) is 5.58. The maximum absolute atomic E-state index is 8.63. The molecule has 0 heterocycles. The van der Waals surface area contributed by atoms with E-state index in [1.807, 2.05) is 6.07 Å². The smallest absolute Gasteiger partial charge is 0.727 e. The Labute approximate surface area is 150 Å². The number of hydrogen-bond donors (Lipinski definition) is 2. The zero-order valence-electron chi connectivity index (χ0n) is 12.8. The van der Waals surface area contributed by atoms with Gasteiger partial charge in [0.25, 0.3) is 0 Å². The predicted octanol–water partition coefficient (Wildman–Crippen LogP) is -5.14. The van der Waals surface area contributed by atoms with E-state index in [0.717, 1.165) is 0 Å². The van der Waals surface area contributed by atoms with E-state index < -0.39 is 10.4 Å². The van der Waals surface area contributed by atoms with Crippen LogP contribution in [0.5, 0.6) is 0 Å². The maximum atomic E-state index is 8.63. The SMILES string of the molecule is CC(C)c1ccccc1.O.O.O.O.O.O.O.O=S(=O)([O-])O.[Fe+2].[O-]O. The van der Waals surface area contributed by atoms with Crippen molar-refractivity contribution in [2.45, 2.75) is 19.8 Å². The molecule has 0 bridgehead atoms. The van der Waals surface area contributed by atoms with Crippen molar-refractivity contribution in [3.05, 3.63) is 35.9 Å². The van der Waals surface area contributed by atoms with Crippen LogP contribution in [0.1, 0.15) is 25.3 Å². The van der Waals surface area contributed by atoms with Gasteiger partial charge in [0.15, 0.2) is 0 Å². The largest absolute Gasteiger partial charge is 2.00 e. The molecule has 0 atom stereocenters. The van der Waals surface area contributed by atoms with Gasteiger partial charge in [-0.2, -0.15) is 0 Å². The van der Waals surface area contributed by atoms with E-state index >= 15 is 0 Å². The van der Waals surface area contributed by atoms with Crippen LogP contribution in [-0.4, -0.2) is 61.1 Å². The van der Waals surface area contributed by atoms with E-state index in [2.05, 4.69) is 38.1 Å². The molecule has 0 saturated heterocycles. The van der Waals surface area contributed by atoms with Gasteiger partial charge in [-0.15, -0.1) is 0 Å². The topological polar surface area (TPSA) is 341 Å². The third-order valence-electron chi connectivity index (χ3n) is 1.47. The Bertz CT molecular complexity index is 351. The van der Waals surface area contributed by atoms with Crippen LogP contribution in [0.4, 0.5) is 0 Å². The van der Waals surface area contributed by atoms with Gasteiger partial charge in [-0.05, 0) is 11.5 Å². The van der Waals surface area contributed by atoms with Crippen LogP contribution in [0.3, 0.4) is 0 Å². The van der Waals surface area contributed by atoms with Crippen molar-refractivity contribution in [3.8, 4) is 0 Å². The van der Waals surface area contributed by atoms with Gasteiger partial charge in [0.05, 0.1) is 0 Å². The zero-order valence-corrected chi connectivity index (χ0v) is 14.7. The summed E-state index contributed by atoms with van der Waals surface area (Å²) in [6.07, 6.45) is 0. The molecule has 0 amide bonds. The van der Waals surface area contributed by atoms with E-state index in [4.69, 9.17) is 28.0 Å². The third-order valence-corrected chi connectivity index (χ3v) is 1.47. The third kappa shape index (κ3) is 68.9. The summed E-state index contributed by atoms with van der Waals surface area (Å²) < 4.78 is 32.8. The van der Waals surface area contributed by atoms with Crippen LogP contribution in [0.2, 0.25) is 0 Å². The predicted molar refractivity (Wildman–Crippen MR) is 80.8 cm³/mol. The van der Waals surface area contributed by atoms with Gasteiger partial charge >= 0.3 is 17.1 Å². The Morgan fingerprint density at radius 2 is 1.04 bits per heavy atom. The average molecular weight is 432 g/mol. The fourth-order valence-corrected chi connectivity index (χ4v) is 0.838. The molecule has 0 aromatic heterocycles. The molecule has 0 aliphatic carbocycles. The zero-order chi connectivity index (χ0) is 13.2. The summed E-state index contributed by atoms with van der Waals surface area (Å²) in [5.41, 5.74) is 1.41. The van der Waals surface area contributed by atoms with Gasteiger partial charge in [-0.1, -0.05) is 44.2 Å². The molecule has 16 N–H and O–H groups in total. The monoisotopic (exact) mass is 432 g/mol. The summed E-state index contributed by atoms with van der Waals surface area (Å²) >= 11 is 0. The molecule has 0 aliphatic heterocycles. The minimum Gasteiger partial charge on any atom is -0.727 e. The van der Waals surface area contributed by atoms with Crippen molar-refractivity contribution in [1.82, 2.24) is 0 Å². The molecular weight excluding hydrogens is 404 g/mol. The summed E-state index contributed by atoms with van der Waals surface area (Å²) in [6, 6.07) is 10.5. The Kier molecular flexibility index (Phi) is 104. The first-order chi connectivity index (χ1) is 7.30. The first kappa shape index (κ1) is 65.6. The summed E-state index contributed by atoms with van der Waals surface area (Å²) in [5, 5.41) is 13.0. The van der Waals surface area contributed by atoms with Crippen molar-refractivity contribution in [2.24, 2.45) is 0 Å². The molecule has 24 heavy (non-hydrogen) atoms. The summed E-state index contributed by atoms with van der Waals surface area (Å²) in [7, 11) is -4.92. The molecule has 0 spiro atoms. The van der Waals surface area contributed by atoms with Crippen LogP contribution in [-0.2, 0) is 27.5 Å². The summed E-state index contributed by atoms with van der Waals surface area (Å²) in [6.45, 7) is 4.41. The van der Waals surface area contributed by atoms with Crippen molar-refractivity contribution in [3.63, 3.8) is 0 Å². The molecule has 0 fully saturated rings. The molecule has 1 aromatic carbocycles.